The molecular formula is C21H21FN6O3. The summed E-state index contributed by atoms with van der Waals surface area (Å²) in [6.07, 6.45) is 1.55. The molecule has 31 heavy (non-hydrogen) atoms. The first-order chi connectivity index (χ1) is 15.0. The van der Waals surface area contributed by atoms with Crippen molar-refractivity contribution in [2.24, 2.45) is 13.0 Å². The average Bonchev–Trinajstić information content (AvgIpc) is 2.79. The Kier molecular flexibility index (Phi) is 4.85. The van der Waals surface area contributed by atoms with Crippen LogP contribution in [0.15, 0.2) is 41.5 Å². The molecule has 3 fully saturated rings. The first-order valence-corrected chi connectivity index (χ1v) is 10.1. The number of rotatable bonds is 4. The van der Waals surface area contributed by atoms with Crippen LogP contribution in [-0.4, -0.2) is 54.7 Å². The van der Waals surface area contributed by atoms with Gasteiger partial charge in [-0.3, -0.25) is 4.57 Å². The van der Waals surface area contributed by atoms with E-state index in [1.54, 1.807) is 31.3 Å². The van der Waals surface area contributed by atoms with Crippen molar-refractivity contribution in [3.05, 3.63) is 47.1 Å². The fourth-order valence-corrected chi connectivity index (χ4v) is 4.18. The molecule has 3 aliphatic rings. The Bertz CT molecular complexity index is 1160. The number of alkyl halides is 1. The lowest BCUT2D eigenvalue weighted by molar-refractivity contribution is -0.0353. The molecule has 10 heteroatoms. The van der Waals surface area contributed by atoms with E-state index in [1.165, 1.54) is 17.0 Å². The number of benzene rings is 1. The summed E-state index contributed by atoms with van der Waals surface area (Å²) in [6, 6.07) is 7.94. The van der Waals surface area contributed by atoms with Crippen LogP contribution < -0.4 is 15.7 Å². The molecule has 9 nitrogen and oxygen atoms in total. The van der Waals surface area contributed by atoms with Gasteiger partial charge in [0.1, 0.15) is 18.2 Å². The average molecular weight is 424 g/mol. The molecule has 0 amide bonds. The van der Waals surface area contributed by atoms with Crippen LogP contribution in [0.1, 0.15) is 12.8 Å². The molecule has 1 aliphatic carbocycles. The molecule has 0 spiro atoms. The fourth-order valence-electron chi connectivity index (χ4n) is 4.18. The number of aryl methyl sites for hydroxylation is 1. The van der Waals surface area contributed by atoms with Gasteiger partial charge in [0.25, 0.3) is 0 Å². The molecule has 0 radical (unpaired) electrons. The van der Waals surface area contributed by atoms with Gasteiger partial charge in [0.05, 0.1) is 5.69 Å². The van der Waals surface area contributed by atoms with E-state index in [2.05, 4.69) is 25.5 Å². The molecular weight excluding hydrogens is 403 g/mol. The van der Waals surface area contributed by atoms with Crippen LogP contribution in [0.4, 0.5) is 4.39 Å². The summed E-state index contributed by atoms with van der Waals surface area (Å²) in [5, 5.41) is 21.9. The Morgan fingerprint density at radius 1 is 1.23 bits per heavy atom. The predicted molar refractivity (Wildman–Crippen MR) is 109 cm³/mol. The van der Waals surface area contributed by atoms with E-state index in [0.29, 0.717) is 16.8 Å². The lowest BCUT2D eigenvalue weighted by Crippen LogP contribution is -2.61. The van der Waals surface area contributed by atoms with Crippen molar-refractivity contribution >= 4 is 0 Å². The second kappa shape index (κ2) is 7.69. The largest absolute Gasteiger partial charge is 0.507 e. The monoisotopic (exact) mass is 424 g/mol. The standard InChI is InChI=1S/C21H21FN6O3/c1-28-10-24-20(25-21(28)30)11-2-4-13(16(29)8-11)14-6-7-17(27-26-14)31-19-12-3-5-15(18(19)22)23-9-12/h2,4,6-8,10,12,15,18-19,23,29H,3,5,9H2,1H3/t12-,15-,18-,19+/m1/s1. The number of aromatic hydroxyl groups is 1. The van der Waals surface area contributed by atoms with E-state index < -0.39 is 18.0 Å². The van der Waals surface area contributed by atoms with Crippen molar-refractivity contribution < 1.29 is 14.2 Å². The minimum atomic E-state index is -1.07. The smallest absolute Gasteiger partial charge is 0.350 e. The molecule has 2 aliphatic heterocycles. The van der Waals surface area contributed by atoms with E-state index in [4.69, 9.17) is 4.74 Å². The van der Waals surface area contributed by atoms with Gasteiger partial charge in [-0.25, -0.2) is 14.2 Å². The molecule has 3 aromatic rings. The normalized spacial score (nSPS) is 24.8. The lowest BCUT2D eigenvalue weighted by Gasteiger charge is -2.44. The summed E-state index contributed by atoms with van der Waals surface area (Å²) in [4.78, 5) is 19.7. The summed E-state index contributed by atoms with van der Waals surface area (Å²) in [5.74, 6) is 0.546. The molecule has 2 aromatic heterocycles. The van der Waals surface area contributed by atoms with Crippen molar-refractivity contribution in [2.45, 2.75) is 31.2 Å². The zero-order valence-corrected chi connectivity index (χ0v) is 16.8. The van der Waals surface area contributed by atoms with Gasteiger partial charge < -0.3 is 15.2 Å². The van der Waals surface area contributed by atoms with Crippen molar-refractivity contribution in [3.8, 4) is 34.3 Å². The summed E-state index contributed by atoms with van der Waals surface area (Å²) in [6.45, 7) is 0.749. The number of piperidine rings is 2. The fraction of sp³-hybridized carbons (Fsp3) is 0.381. The first kappa shape index (κ1) is 19.6. The molecule has 0 unspecified atom stereocenters. The second-order valence-electron chi connectivity index (χ2n) is 7.94. The van der Waals surface area contributed by atoms with E-state index >= 15 is 0 Å². The number of aromatic nitrogens is 5. The molecule has 6 rings (SSSR count). The Labute approximate surface area is 177 Å². The van der Waals surface area contributed by atoms with E-state index in [9.17, 15) is 14.3 Å². The number of fused-ring (bicyclic) bond motifs is 3. The van der Waals surface area contributed by atoms with Crippen LogP contribution in [-0.2, 0) is 7.05 Å². The van der Waals surface area contributed by atoms with Gasteiger partial charge in [0, 0.05) is 42.7 Å². The molecule has 2 N–H and O–H groups in total. The van der Waals surface area contributed by atoms with Crippen molar-refractivity contribution in [3.63, 3.8) is 0 Å². The number of phenolic OH excluding ortho intramolecular Hbond substituents is 1. The van der Waals surface area contributed by atoms with E-state index in [1.807, 2.05) is 0 Å². The predicted octanol–water partition coefficient (Wildman–Crippen LogP) is 1.47. The zero-order valence-electron chi connectivity index (χ0n) is 16.8. The maximum absolute atomic E-state index is 14.6. The van der Waals surface area contributed by atoms with Crippen molar-refractivity contribution in [2.75, 3.05) is 6.54 Å². The highest BCUT2D eigenvalue weighted by Crippen LogP contribution is 2.35. The van der Waals surface area contributed by atoms with Crippen LogP contribution in [0, 0.1) is 5.92 Å². The SMILES string of the molecule is Cn1cnc(-c2ccc(-c3ccc(O[C@H]4[C@@H]5CC[C@@H](NC5)[C@H]4F)nn3)c(O)c2)nc1=O. The first-order valence-electron chi connectivity index (χ1n) is 10.1. The number of nitrogens with one attached hydrogen (secondary N) is 1. The zero-order chi connectivity index (χ0) is 21.5. The van der Waals surface area contributed by atoms with Crippen LogP contribution in [0.3, 0.4) is 0 Å². The van der Waals surface area contributed by atoms with Gasteiger partial charge >= 0.3 is 5.69 Å². The second-order valence-corrected chi connectivity index (χ2v) is 7.94. The maximum Gasteiger partial charge on any atom is 0.350 e. The molecule has 160 valence electrons. The van der Waals surface area contributed by atoms with E-state index in [0.717, 1.165) is 19.4 Å². The molecule has 4 atom stereocenters. The van der Waals surface area contributed by atoms with E-state index in [-0.39, 0.29) is 29.4 Å². The maximum atomic E-state index is 14.6. The van der Waals surface area contributed by atoms with Gasteiger partial charge in [0.15, 0.2) is 12.0 Å². The topological polar surface area (TPSA) is 115 Å². The third-order valence-corrected chi connectivity index (χ3v) is 5.94. The molecule has 2 saturated heterocycles. The Balaban J connectivity index is 1.35. The molecule has 1 aromatic carbocycles. The number of phenols is 1. The summed E-state index contributed by atoms with van der Waals surface area (Å²) in [7, 11) is 1.56. The Morgan fingerprint density at radius 3 is 2.74 bits per heavy atom. The van der Waals surface area contributed by atoms with Crippen LogP contribution in [0.25, 0.3) is 22.6 Å². The Hall–Kier alpha value is -3.40. The third kappa shape index (κ3) is 3.63. The van der Waals surface area contributed by atoms with Crippen molar-refractivity contribution in [1.29, 1.82) is 0 Å². The number of nitrogens with zero attached hydrogens (tertiary/aromatic N) is 5. The highest BCUT2D eigenvalue weighted by atomic mass is 19.1. The van der Waals surface area contributed by atoms with Gasteiger partial charge in [-0.05, 0) is 31.0 Å². The lowest BCUT2D eigenvalue weighted by atomic mass is 9.78. The summed E-state index contributed by atoms with van der Waals surface area (Å²) in [5.41, 5.74) is 0.954. The van der Waals surface area contributed by atoms with Crippen LogP contribution in [0.2, 0.25) is 0 Å². The summed E-state index contributed by atoms with van der Waals surface area (Å²) >= 11 is 0. The number of hydrogen-bond donors (Lipinski definition) is 2. The molecule has 2 bridgehead atoms. The quantitative estimate of drug-likeness (QED) is 0.647. The van der Waals surface area contributed by atoms with Gasteiger partial charge in [-0.1, -0.05) is 6.07 Å². The number of ether oxygens (including phenoxy) is 1. The summed E-state index contributed by atoms with van der Waals surface area (Å²) < 4.78 is 21.6. The Morgan fingerprint density at radius 2 is 2.10 bits per heavy atom. The number of halogens is 1. The number of hydrogen-bond acceptors (Lipinski definition) is 8. The highest BCUT2D eigenvalue weighted by molar-refractivity contribution is 5.71. The third-order valence-electron chi connectivity index (χ3n) is 5.94. The van der Waals surface area contributed by atoms with Crippen molar-refractivity contribution in [1.82, 2.24) is 30.0 Å². The van der Waals surface area contributed by atoms with Gasteiger partial charge in [-0.15, -0.1) is 10.2 Å². The minimum Gasteiger partial charge on any atom is -0.507 e. The molecule has 1 saturated carbocycles. The van der Waals surface area contributed by atoms with Gasteiger partial charge in [0.2, 0.25) is 5.88 Å². The minimum absolute atomic E-state index is 0.0516. The molecule has 4 heterocycles. The highest BCUT2D eigenvalue weighted by Gasteiger charge is 2.45. The van der Waals surface area contributed by atoms with Crippen LogP contribution in [0.5, 0.6) is 11.6 Å². The van der Waals surface area contributed by atoms with Gasteiger partial charge in [-0.2, -0.15) is 4.98 Å². The van der Waals surface area contributed by atoms with Crippen LogP contribution >= 0.6 is 0 Å².